The predicted molar refractivity (Wildman–Crippen MR) is 52.3 cm³/mol. The Labute approximate surface area is 86.8 Å². The Morgan fingerprint density at radius 3 is 2.40 bits per heavy atom. The molecule has 0 amide bonds. The van der Waals surface area contributed by atoms with Crippen LogP contribution in [0.5, 0.6) is 0 Å². The molecule has 0 aromatic heterocycles. The quantitative estimate of drug-likeness (QED) is 0.580. The molecule has 0 spiro atoms. The van der Waals surface area contributed by atoms with E-state index in [4.69, 9.17) is 5.73 Å². The molecule has 0 heterocycles. The second kappa shape index (κ2) is 5.11. The van der Waals surface area contributed by atoms with Crippen molar-refractivity contribution < 1.29 is 19.1 Å². The van der Waals surface area contributed by atoms with Crippen molar-refractivity contribution in [1.82, 2.24) is 0 Å². The van der Waals surface area contributed by atoms with Crippen molar-refractivity contribution in [2.45, 2.75) is 0 Å². The molecule has 0 saturated heterocycles. The van der Waals surface area contributed by atoms with Crippen LogP contribution in [0.15, 0.2) is 24.3 Å². The second-order valence-corrected chi connectivity index (χ2v) is 2.67. The van der Waals surface area contributed by atoms with E-state index in [0.29, 0.717) is 5.56 Å². The number of rotatable bonds is 3. The lowest BCUT2D eigenvalue weighted by Gasteiger charge is -2.03. The van der Waals surface area contributed by atoms with Gasteiger partial charge in [-0.25, -0.2) is 9.59 Å². The molecule has 0 aliphatic heterocycles. The Kier molecular flexibility index (Phi) is 3.82. The number of ether oxygens (including phenoxy) is 2. The third-order valence-electron chi connectivity index (χ3n) is 1.73. The molecule has 0 saturated carbocycles. The normalized spacial score (nSPS) is 9.47. The summed E-state index contributed by atoms with van der Waals surface area (Å²) in [7, 11) is 1.27. The summed E-state index contributed by atoms with van der Waals surface area (Å²) in [5.74, 6) is -1.07. The zero-order chi connectivity index (χ0) is 11.3. The Morgan fingerprint density at radius 2 is 1.87 bits per heavy atom. The number of methoxy groups -OCH3 is 1. The topological polar surface area (TPSA) is 78.6 Å². The minimum atomic E-state index is -0.566. The van der Waals surface area contributed by atoms with Crippen molar-refractivity contribution >= 4 is 11.9 Å². The van der Waals surface area contributed by atoms with E-state index in [1.165, 1.54) is 19.2 Å². The van der Waals surface area contributed by atoms with E-state index < -0.39 is 11.9 Å². The molecule has 2 N–H and O–H groups in total. The van der Waals surface area contributed by atoms with Crippen molar-refractivity contribution in [3.8, 4) is 0 Å². The fourth-order valence-corrected chi connectivity index (χ4v) is 1.05. The fraction of sp³-hybridized carbons (Fsp3) is 0.200. The van der Waals surface area contributed by atoms with E-state index in [9.17, 15) is 9.59 Å². The molecule has 0 fully saturated rings. The van der Waals surface area contributed by atoms with E-state index in [2.05, 4.69) is 9.47 Å². The molecule has 0 bridgehead atoms. The summed E-state index contributed by atoms with van der Waals surface area (Å²) in [5, 5.41) is 0. The first kappa shape index (κ1) is 11.2. The molecular weight excluding hydrogens is 198 g/mol. The minimum absolute atomic E-state index is 0.193. The molecule has 0 atom stereocenters. The van der Waals surface area contributed by atoms with E-state index >= 15 is 0 Å². The van der Waals surface area contributed by atoms with Crippen LogP contribution in [0.2, 0.25) is 0 Å². The number of carbonyl (C=O) groups is 2. The van der Waals surface area contributed by atoms with Crippen LogP contribution in [-0.4, -0.2) is 25.8 Å². The van der Waals surface area contributed by atoms with Gasteiger partial charge in [0.1, 0.15) is 6.73 Å². The molecule has 80 valence electrons. The third kappa shape index (κ3) is 2.78. The van der Waals surface area contributed by atoms with Gasteiger partial charge in [-0.1, -0.05) is 6.07 Å². The molecule has 0 aliphatic carbocycles. The lowest BCUT2D eigenvalue weighted by molar-refractivity contribution is 0.0515. The highest BCUT2D eigenvalue weighted by Crippen LogP contribution is 2.07. The van der Waals surface area contributed by atoms with E-state index in [0.717, 1.165) is 0 Å². The minimum Gasteiger partial charge on any atom is -0.465 e. The Bertz CT molecular complexity index is 375. The lowest BCUT2D eigenvalue weighted by Crippen LogP contribution is -2.13. The Balaban J connectivity index is 2.92. The van der Waals surface area contributed by atoms with Crippen LogP contribution in [0, 0.1) is 0 Å². The van der Waals surface area contributed by atoms with Crippen LogP contribution in [0.1, 0.15) is 20.7 Å². The highest BCUT2D eigenvalue weighted by atomic mass is 16.5. The highest BCUT2D eigenvalue weighted by molar-refractivity contribution is 5.95. The molecule has 15 heavy (non-hydrogen) atoms. The first-order valence-corrected chi connectivity index (χ1v) is 4.24. The SMILES string of the molecule is COC(=O)c1cccc(C(=O)OCN)c1. The Morgan fingerprint density at radius 1 is 1.27 bits per heavy atom. The molecule has 1 aromatic carbocycles. The molecule has 0 aliphatic rings. The number of benzene rings is 1. The fourth-order valence-electron chi connectivity index (χ4n) is 1.05. The number of hydrogen-bond acceptors (Lipinski definition) is 5. The third-order valence-corrected chi connectivity index (χ3v) is 1.73. The van der Waals surface area contributed by atoms with Gasteiger partial charge in [0.15, 0.2) is 0 Å². The first-order valence-electron chi connectivity index (χ1n) is 4.24. The number of hydrogen-bond donors (Lipinski definition) is 1. The summed E-state index contributed by atoms with van der Waals surface area (Å²) in [6.07, 6.45) is 0. The van der Waals surface area contributed by atoms with E-state index in [1.54, 1.807) is 12.1 Å². The van der Waals surface area contributed by atoms with Gasteiger partial charge in [0.25, 0.3) is 0 Å². The van der Waals surface area contributed by atoms with Gasteiger partial charge in [-0.15, -0.1) is 0 Å². The first-order chi connectivity index (χ1) is 7.19. The standard InChI is InChI=1S/C10H11NO4/c1-14-9(12)7-3-2-4-8(5-7)10(13)15-6-11/h2-5H,6,11H2,1H3. The van der Waals surface area contributed by atoms with Gasteiger partial charge in [-0.3, -0.25) is 5.73 Å². The van der Waals surface area contributed by atoms with Crippen LogP contribution in [0.3, 0.4) is 0 Å². The van der Waals surface area contributed by atoms with Crippen LogP contribution >= 0.6 is 0 Å². The maximum atomic E-state index is 11.3. The van der Waals surface area contributed by atoms with Crippen molar-refractivity contribution in [1.29, 1.82) is 0 Å². The highest BCUT2D eigenvalue weighted by Gasteiger charge is 2.10. The van der Waals surface area contributed by atoms with Crippen LogP contribution in [0.25, 0.3) is 0 Å². The molecule has 0 unspecified atom stereocenters. The number of esters is 2. The van der Waals surface area contributed by atoms with Crippen LogP contribution in [-0.2, 0) is 9.47 Å². The van der Waals surface area contributed by atoms with E-state index in [-0.39, 0.29) is 12.3 Å². The lowest BCUT2D eigenvalue weighted by atomic mass is 10.1. The maximum absolute atomic E-state index is 11.3. The van der Waals surface area contributed by atoms with Gasteiger partial charge in [-0.2, -0.15) is 0 Å². The molecule has 0 radical (unpaired) electrons. The van der Waals surface area contributed by atoms with Crippen molar-refractivity contribution in [3.05, 3.63) is 35.4 Å². The van der Waals surface area contributed by atoms with Gasteiger partial charge in [0, 0.05) is 0 Å². The molecule has 5 nitrogen and oxygen atoms in total. The summed E-state index contributed by atoms with van der Waals surface area (Å²) in [6.45, 7) is -0.193. The summed E-state index contributed by atoms with van der Waals surface area (Å²) in [4.78, 5) is 22.4. The molecule has 5 heteroatoms. The van der Waals surface area contributed by atoms with Crippen molar-refractivity contribution in [3.63, 3.8) is 0 Å². The summed E-state index contributed by atoms with van der Waals surface area (Å²) in [6, 6.07) is 6.04. The second-order valence-electron chi connectivity index (χ2n) is 2.67. The van der Waals surface area contributed by atoms with Crippen LogP contribution in [0.4, 0.5) is 0 Å². The zero-order valence-corrected chi connectivity index (χ0v) is 8.23. The maximum Gasteiger partial charge on any atom is 0.339 e. The zero-order valence-electron chi connectivity index (χ0n) is 8.23. The summed E-state index contributed by atoms with van der Waals surface area (Å²) in [5.41, 5.74) is 5.62. The largest absolute Gasteiger partial charge is 0.465 e. The van der Waals surface area contributed by atoms with Gasteiger partial charge in [0.05, 0.1) is 18.2 Å². The van der Waals surface area contributed by atoms with Crippen molar-refractivity contribution in [2.75, 3.05) is 13.8 Å². The van der Waals surface area contributed by atoms with Crippen molar-refractivity contribution in [2.24, 2.45) is 5.73 Å². The van der Waals surface area contributed by atoms with Gasteiger partial charge in [0.2, 0.25) is 0 Å². The average Bonchev–Trinajstić information content (AvgIpc) is 2.28. The van der Waals surface area contributed by atoms with Crippen LogP contribution < -0.4 is 5.73 Å². The number of carbonyl (C=O) groups excluding carboxylic acids is 2. The predicted octanol–water partition coefficient (Wildman–Crippen LogP) is 0.546. The van der Waals surface area contributed by atoms with Gasteiger partial charge < -0.3 is 9.47 Å². The summed E-state index contributed by atoms with van der Waals surface area (Å²) < 4.78 is 9.10. The van der Waals surface area contributed by atoms with E-state index in [1.807, 2.05) is 0 Å². The molecule has 1 aromatic rings. The smallest absolute Gasteiger partial charge is 0.339 e. The average molecular weight is 209 g/mol. The van der Waals surface area contributed by atoms with Gasteiger partial charge in [-0.05, 0) is 18.2 Å². The molecule has 1 rings (SSSR count). The molecular formula is C10H11NO4. The number of nitrogens with two attached hydrogens (primary N) is 1. The van der Waals surface area contributed by atoms with Gasteiger partial charge >= 0.3 is 11.9 Å². The Hall–Kier alpha value is -1.88. The monoisotopic (exact) mass is 209 g/mol. The summed E-state index contributed by atoms with van der Waals surface area (Å²) >= 11 is 0.